The monoisotopic (exact) mass is 442 g/mol. The zero-order valence-corrected chi connectivity index (χ0v) is 17.6. The van der Waals surface area contributed by atoms with E-state index in [1.54, 1.807) is 13.2 Å². The zero-order chi connectivity index (χ0) is 20.2. The number of furan rings is 1. The molecule has 4 rings (SSSR count). The minimum atomic E-state index is -0.203. The molecule has 2 aromatic carbocycles. The van der Waals surface area contributed by atoms with Gasteiger partial charge in [-0.3, -0.25) is 4.79 Å². The maximum absolute atomic E-state index is 12.2. The largest absolute Gasteiger partial charge is 0.497 e. The van der Waals surface area contributed by atoms with Crippen molar-refractivity contribution in [2.24, 2.45) is 4.99 Å². The molecular formula is C21H15ClN2O3S2. The van der Waals surface area contributed by atoms with Crippen molar-refractivity contribution in [1.29, 1.82) is 0 Å². The van der Waals surface area contributed by atoms with E-state index >= 15 is 0 Å². The van der Waals surface area contributed by atoms with Crippen molar-refractivity contribution in [1.82, 2.24) is 5.32 Å². The highest BCUT2D eigenvalue weighted by atomic mass is 35.5. The van der Waals surface area contributed by atoms with E-state index in [0.29, 0.717) is 20.9 Å². The highest BCUT2D eigenvalue weighted by Crippen LogP contribution is 2.33. The number of carbonyl (C=O) groups is 1. The second-order valence-corrected chi connectivity index (χ2v) is 8.44. The average Bonchev–Trinajstić information content (AvgIpc) is 3.30. The molecule has 1 fully saturated rings. The highest BCUT2D eigenvalue weighted by Gasteiger charge is 2.24. The number of halogens is 1. The summed E-state index contributed by atoms with van der Waals surface area (Å²) in [5.74, 6) is 1.15. The first-order chi connectivity index (χ1) is 14.1. The topological polar surface area (TPSA) is 63.8 Å². The molecule has 0 unspecified atom stereocenters. The lowest BCUT2D eigenvalue weighted by atomic mass is 10.3. The maximum Gasteiger partial charge on any atom is 0.264 e. The molecule has 0 radical (unpaired) electrons. The van der Waals surface area contributed by atoms with Crippen molar-refractivity contribution in [3.05, 3.63) is 76.4 Å². The van der Waals surface area contributed by atoms with Crippen LogP contribution in [0.15, 0.2) is 85.0 Å². The van der Waals surface area contributed by atoms with Crippen molar-refractivity contribution in [2.75, 3.05) is 7.11 Å². The van der Waals surface area contributed by atoms with Gasteiger partial charge in [-0.1, -0.05) is 23.4 Å². The van der Waals surface area contributed by atoms with Crippen LogP contribution in [0.4, 0.5) is 5.69 Å². The maximum atomic E-state index is 12.2. The predicted molar refractivity (Wildman–Crippen MR) is 118 cm³/mol. The Balaban J connectivity index is 1.45. The number of carbonyl (C=O) groups excluding carboxylic acids is 1. The molecule has 29 heavy (non-hydrogen) atoms. The van der Waals surface area contributed by atoms with Crippen LogP contribution in [-0.4, -0.2) is 18.2 Å². The first kappa shape index (κ1) is 19.7. The molecule has 1 aromatic heterocycles. The van der Waals surface area contributed by atoms with Crippen LogP contribution in [0.1, 0.15) is 5.76 Å². The molecule has 1 N–H and O–H groups in total. The van der Waals surface area contributed by atoms with Crippen LogP contribution in [0, 0.1) is 0 Å². The molecule has 0 bridgehead atoms. The first-order valence-electron chi connectivity index (χ1n) is 8.56. The second-order valence-electron chi connectivity index (χ2n) is 5.89. The third-order valence-corrected chi connectivity index (χ3v) is 5.95. The van der Waals surface area contributed by atoms with E-state index in [-0.39, 0.29) is 5.91 Å². The van der Waals surface area contributed by atoms with E-state index in [1.807, 2.05) is 60.7 Å². The van der Waals surface area contributed by atoms with E-state index in [4.69, 9.17) is 20.8 Å². The molecule has 0 atom stereocenters. The SMILES string of the molecule is COc1ccc(N=C2NC(=O)/C(=C\c3ccc(Sc4ccc(Cl)cc4)o3)S2)cc1. The van der Waals surface area contributed by atoms with Gasteiger partial charge in [-0.15, -0.1) is 0 Å². The number of nitrogens with one attached hydrogen (secondary N) is 1. The standard InChI is InChI=1S/C21H15ClN2O3S2/c1-26-15-6-4-14(5-7-15)23-21-24-20(25)18(29-21)12-16-8-11-19(27-16)28-17-9-2-13(22)3-10-17/h2-12H,1H3,(H,23,24,25)/b18-12+. The number of thioether (sulfide) groups is 1. The minimum absolute atomic E-state index is 0.203. The highest BCUT2D eigenvalue weighted by molar-refractivity contribution is 8.18. The fraction of sp³-hybridized carbons (Fsp3) is 0.0476. The summed E-state index contributed by atoms with van der Waals surface area (Å²) in [4.78, 5) is 18.2. The van der Waals surface area contributed by atoms with Gasteiger partial charge in [-0.2, -0.15) is 0 Å². The summed E-state index contributed by atoms with van der Waals surface area (Å²) in [6, 6.07) is 18.5. The smallest absolute Gasteiger partial charge is 0.264 e. The van der Waals surface area contributed by atoms with Crippen LogP contribution in [0.2, 0.25) is 5.02 Å². The normalized spacial score (nSPS) is 16.4. The molecule has 3 aromatic rings. The summed E-state index contributed by atoms with van der Waals surface area (Å²) in [7, 11) is 1.61. The van der Waals surface area contributed by atoms with Crippen molar-refractivity contribution in [3.63, 3.8) is 0 Å². The van der Waals surface area contributed by atoms with Crippen molar-refractivity contribution in [3.8, 4) is 5.75 Å². The lowest BCUT2D eigenvalue weighted by molar-refractivity contribution is -0.115. The molecule has 8 heteroatoms. The predicted octanol–water partition coefficient (Wildman–Crippen LogP) is 5.98. The molecule has 5 nitrogen and oxygen atoms in total. The summed E-state index contributed by atoms with van der Waals surface area (Å²) in [5, 5.41) is 4.71. The van der Waals surface area contributed by atoms with Gasteiger partial charge in [-0.05, 0) is 72.4 Å². The van der Waals surface area contributed by atoms with Gasteiger partial charge in [0.2, 0.25) is 0 Å². The van der Waals surface area contributed by atoms with Crippen LogP contribution in [0.25, 0.3) is 6.08 Å². The van der Waals surface area contributed by atoms with Gasteiger partial charge in [0.05, 0.1) is 17.7 Å². The van der Waals surface area contributed by atoms with Crippen molar-refractivity contribution >= 4 is 58.0 Å². The molecule has 2 heterocycles. The van der Waals surface area contributed by atoms with Gasteiger partial charge < -0.3 is 14.5 Å². The number of ether oxygens (including phenoxy) is 1. The van der Waals surface area contributed by atoms with E-state index in [0.717, 1.165) is 21.4 Å². The Hall–Kier alpha value is -2.61. The summed E-state index contributed by atoms with van der Waals surface area (Å²) in [5.41, 5.74) is 0.731. The van der Waals surface area contributed by atoms with E-state index in [1.165, 1.54) is 23.5 Å². The summed E-state index contributed by atoms with van der Waals surface area (Å²) < 4.78 is 10.9. The van der Waals surface area contributed by atoms with Gasteiger partial charge in [0, 0.05) is 16.0 Å². The minimum Gasteiger partial charge on any atom is -0.497 e. The quantitative estimate of drug-likeness (QED) is 0.492. The molecule has 1 aliphatic heterocycles. The van der Waals surface area contributed by atoms with Crippen LogP contribution in [0.3, 0.4) is 0 Å². The van der Waals surface area contributed by atoms with Gasteiger partial charge in [-0.25, -0.2) is 4.99 Å². The zero-order valence-electron chi connectivity index (χ0n) is 15.2. The van der Waals surface area contributed by atoms with E-state index in [2.05, 4.69) is 10.3 Å². The van der Waals surface area contributed by atoms with Gasteiger partial charge in [0.15, 0.2) is 10.3 Å². The number of hydrogen-bond acceptors (Lipinski definition) is 6. The Kier molecular flexibility index (Phi) is 5.99. The third kappa shape index (κ3) is 5.06. The Morgan fingerprint density at radius 1 is 1.10 bits per heavy atom. The average molecular weight is 443 g/mol. The molecular weight excluding hydrogens is 428 g/mol. The third-order valence-electron chi connectivity index (χ3n) is 3.86. The van der Waals surface area contributed by atoms with Crippen LogP contribution >= 0.6 is 35.1 Å². The molecule has 0 spiro atoms. The number of amidine groups is 1. The first-order valence-corrected chi connectivity index (χ1v) is 10.6. The number of hydrogen-bond donors (Lipinski definition) is 1. The van der Waals surface area contributed by atoms with Crippen LogP contribution in [0.5, 0.6) is 5.75 Å². The van der Waals surface area contributed by atoms with Crippen LogP contribution < -0.4 is 10.1 Å². The lowest BCUT2D eigenvalue weighted by Gasteiger charge is -1.99. The number of benzene rings is 2. The van der Waals surface area contributed by atoms with Gasteiger partial charge in [0.1, 0.15) is 11.5 Å². The summed E-state index contributed by atoms with van der Waals surface area (Å²) >= 11 is 8.66. The lowest BCUT2D eigenvalue weighted by Crippen LogP contribution is -2.19. The molecule has 0 aliphatic carbocycles. The number of methoxy groups -OCH3 is 1. The van der Waals surface area contributed by atoms with E-state index < -0.39 is 0 Å². The number of nitrogens with zero attached hydrogens (tertiary/aromatic N) is 1. The Labute approximate surface area is 181 Å². The summed E-state index contributed by atoms with van der Waals surface area (Å²) in [6.45, 7) is 0. The Morgan fingerprint density at radius 3 is 2.59 bits per heavy atom. The number of amides is 1. The van der Waals surface area contributed by atoms with Crippen molar-refractivity contribution < 1.29 is 13.9 Å². The second kappa shape index (κ2) is 8.82. The fourth-order valence-corrected chi connectivity index (χ4v) is 4.20. The summed E-state index contributed by atoms with van der Waals surface area (Å²) in [6.07, 6.45) is 1.71. The van der Waals surface area contributed by atoms with Gasteiger partial charge in [0.25, 0.3) is 5.91 Å². The van der Waals surface area contributed by atoms with Gasteiger partial charge >= 0.3 is 0 Å². The molecule has 1 saturated heterocycles. The number of rotatable bonds is 5. The Bertz CT molecular complexity index is 1090. The molecule has 1 aliphatic rings. The molecule has 0 saturated carbocycles. The van der Waals surface area contributed by atoms with Crippen LogP contribution in [-0.2, 0) is 4.79 Å². The Morgan fingerprint density at radius 2 is 1.86 bits per heavy atom. The molecule has 146 valence electrons. The molecule has 1 amide bonds. The number of aliphatic imine (C=N–C) groups is 1. The fourth-order valence-electron chi connectivity index (χ4n) is 2.47. The van der Waals surface area contributed by atoms with Crippen molar-refractivity contribution in [2.45, 2.75) is 9.99 Å². The van der Waals surface area contributed by atoms with E-state index in [9.17, 15) is 4.79 Å².